The second-order valence-electron chi connectivity index (χ2n) is 4.26. The molecule has 0 amide bonds. The molecule has 0 aromatic carbocycles. The molecule has 0 saturated carbocycles. The highest BCUT2D eigenvalue weighted by molar-refractivity contribution is 5.78. The second-order valence-corrected chi connectivity index (χ2v) is 4.26. The largest absolute Gasteiger partial charge is 0.390 e. The molecule has 1 aliphatic heterocycles. The molecule has 0 atom stereocenters. The van der Waals surface area contributed by atoms with Gasteiger partial charge in [-0.15, -0.1) is 0 Å². The molecule has 1 rings (SSSR count). The van der Waals surface area contributed by atoms with Crippen molar-refractivity contribution < 1.29 is 5.11 Å². The Morgan fingerprint density at radius 1 is 1.40 bits per heavy atom. The zero-order valence-corrected chi connectivity index (χ0v) is 9.87. The van der Waals surface area contributed by atoms with Crippen molar-refractivity contribution in [2.75, 3.05) is 19.6 Å². The lowest BCUT2D eigenvalue weighted by Gasteiger charge is -2.32. The van der Waals surface area contributed by atoms with Crippen molar-refractivity contribution in [2.24, 2.45) is 10.7 Å². The summed E-state index contributed by atoms with van der Waals surface area (Å²) in [5.41, 5.74) is 5.23. The third kappa shape index (κ3) is 3.38. The van der Waals surface area contributed by atoms with Crippen LogP contribution in [0, 0.1) is 0 Å². The van der Waals surface area contributed by atoms with E-state index in [2.05, 4.69) is 9.89 Å². The van der Waals surface area contributed by atoms with Gasteiger partial charge in [-0.05, 0) is 25.7 Å². The molecule has 4 nitrogen and oxygen atoms in total. The Morgan fingerprint density at radius 3 is 2.40 bits per heavy atom. The Bertz CT molecular complexity index is 220. The van der Waals surface area contributed by atoms with E-state index in [-0.39, 0.29) is 0 Å². The zero-order chi connectivity index (χ0) is 11.3. The van der Waals surface area contributed by atoms with Crippen LogP contribution in [0.2, 0.25) is 0 Å². The van der Waals surface area contributed by atoms with E-state index in [4.69, 9.17) is 5.73 Å². The minimum atomic E-state index is -0.557. The van der Waals surface area contributed by atoms with Gasteiger partial charge in [-0.25, -0.2) is 0 Å². The van der Waals surface area contributed by atoms with Gasteiger partial charge in [0.05, 0.1) is 5.60 Å². The summed E-state index contributed by atoms with van der Waals surface area (Å²) in [5.74, 6) is 0.635. The predicted molar refractivity (Wildman–Crippen MR) is 62.8 cm³/mol. The Morgan fingerprint density at radius 2 is 2.00 bits per heavy atom. The lowest BCUT2D eigenvalue weighted by molar-refractivity contribution is 0.0261. The molecule has 0 aromatic heterocycles. The summed E-state index contributed by atoms with van der Waals surface area (Å²) < 4.78 is 0. The number of likely N-dealkylation sites (tertiary alicyclic amines) is 1. The minimum absolute atomic E-state index is 0.557. The number of rotatable bonds is 5. The maximum atomic E-state index is 10.0. The first-order chi connectivity index (χ1) is 7.11. The fraction of sp³-hybridized carbons (Fsp3) is 0.909. The molecule has 1 fully saturated rings. The van der Waals surface area contributed by atoms with E-state index in [0.29, 0.717) is 18.9 Å². The van der Waals surface area contributed by atoms with Crippen LogP contribution in [-0.2, 0) is 0 Å². The average Bonchev–Trinajstić information content (AvgIpc) is 2.15. The molecule has 0 bridgehead atoms. The average molecular weight is 213 g/mol. The lowest BCUT2D eigenvalue weighted by Crippen LogP contribution is -2.46. The molecule has 0 spiro atoms. The maximum Gasteiger partial charge on any atom is 0.191 e. The predicted octanol–water partition coefficient (Wildman–Crippen LogP) is 0.948. The number of nitrogens with zero attached hydrogens (tertiary/aromatic N) is 2. The number of hydrogen-bond donors (Lipinski definition) is 2. The molecular formula is C11H23N3O. The summed E-state index contributed by atoms with van der Waals surface area (Å²) >= 11 is 0. The molecule has 0 radical (unpaired) electrons. The summed E-state index contributed by atoms with van der Waals surface area (Å²) in [7, 11) is 0. The van der Waals surface area contributed by atoms with E-state index in [1.807, 2.05) is 13.8 Å². The van der Waals surface area contributed by atoms with Crippen LogP contribution in [0.4, 0.5) is 0 Å². The highest BCUT2D eigenvalue weighted by Gasteiger charge is 2.21. The van der Waals surface area contributed by atoms with E-state index in [0.717, 1.165) is 25.9 Å². The standard InChI is InChI=1S/C11H23N3O/c1-3-11(15,4-2)6-7-13-10(12)14-8-5-9-14/h15H,3-9H2,1-2H3,(H2,12,13). The van der Waals surface area contributed by atoms with Gasteiger partial charge in [-0.1, -0.05) is 13.8 Å². The molecule has 0 aliphatic carbocycles. The molecular weight excluding hydrogens is 190 g/mol. The Kier molecular flexibility index (Phi) is 4.39. The van der Waals surface area contributed by atoms with Crippen LogP contribution in [0.25, 0.3) is 0 Å². The first-order valence-electron chi connectivity index (χ1n) is 5.88. The monoisotopic (exact) mass is 213 g/mol. The van der Waals surface area contributed by atoms with Crippen LogP contribution in [-0.4, -0.2) is 41.2 Å². The summed E-state index contributed by atoms with van der Waals surface area (Å²) in [6, 6.07) is 0. The molecule has 15 heavy (non-hydrogen) atoms. The van der Waals surface area contributed by atoms with Gasteiger partial charge in [-0.2, -0.15) is 0 Å². The molecule has 1 saturated heterocycles. The maximum absolute atomic E-state index is 10.0. The minimum Gasteiger partial charge on any atom is -0.390 e. The van der Waals surface area contributed by atoms with E-state index in [9.17, 15) is 5.11 Å². The number of aliphatic hydroxyl groups is 1. The highest BCUT2D eigenvalue weighted by Crippen LogP contribution is 2.19. The topological polar surface area (TPSA) is 61.9 Å². The second kappa shape index (κ2) is 5.35. The lowest BCUT2D eigenvalue weighted by atomic mass is 9.94. The molecule has 3 N–H and O–H groups in total. The van der Waals surface area contributed by atoms with Gasteiger partial charge in [0.15, 0.2) is 5.96 Å². The molecule has 1 heterocycles. The van der Waals surface area contributed by atoms with Crippen LogP contribution in [0.5, 0.6) is 0 Å². The van der Waals surface area contributed by atoms with Crippen molar-refractivity contribution >= 4 is 5.96 Å². The van der Waals surface area contributed by atoms with Crippen molar-refractivity contribution in [3.63, 3.8) is 0 Å². The summed E-state index contributed by atoms with van der Waals surface area (Å²) in [6.07, 6.45) is 3.48. The zero-order valence-electron chi connectivity index (χ0n) is 9.87. The van der Waals surface area contributed by atoms with Crippen molar-refractivity contribution in [2.45, 2.75) is 45.1 Å². The summed E-state index contributed by atoms with van der Waals surface area (Å²) in [6.45, 7) is 6.70. The fourth-order valence-electron chi connectivity index (χ4n) is 1.63. The Hall–Kier alpha value is -0.770. The Labute approximate surface area is 92.2 Å². The number of nitrogens with two attached hydrogens (primary N) is 1. The quantitative estimate of drug-likeness (QED) is 0.528. The smallest absolute Gasteiger partial charge is 0.191 e. The van der Waals surface area contributed by atoms with E-state index in [1.54, 1.807) is 0 Å². The van der Waals surface area contributed by atoms with Gasteiger partial charge >= 0.3 is 0 Å². The molecule has 0 unspecified atom stereocenters. The van der Waals surface area contributed by atoms with Crippen LogP contribution < -0.4 is 5.73 Å². The van der Waals surface area contributed by atoms with Crippen LogP contribution >= 0.6 is 0 Å². The number of aliphatic imine (C=N–C) groups is 1. The van der Waals surface area contributed by atoms with E-state index in [1.165, 1.54) is 6.42 Å². The van der Waals surface area contributed by atoms with Gasteiger partial charge in [-0.3, -0.25) is 4.99 Å². The van der Waals surface area contributed by atoms with Gasteiger partial charge < -0.3 is 15.7 Å². The first kappa shape index (κ1) is 12.3. The summed E-state index contributed by atoms with van der Waals surface area (Å²) in [5, 5.41) is 10.0. The molecule has 4 heteroatoms. The van der Waals surface area contributed by atoms with Crippen molar-refractivity contribution in [1.29, 1.82) is 0 Å². The number of guanidine groups is 1. The van der Waals surface area contributed by atoms with Gasteiger partial charge in [0.2, 0.25) is 0 Å². The van der Waals surface area contributed by atoms with E-state index < -0.39 is 5.60 Å². The normalized spacial score (nSPS) is 17.8. The summed E-state index contributed by atoms with van der Waals surface area (Å²) in [4.78, 5) is 6.35. The van der Waals surface area contributed by atoms with Crippen LogP contribution in [0.15, 0.2) is 4.99 Å². The molecule has 1 aliphatic rings. The Balaban J connectivity index is 2.29. The fourth-order valence-corrected chi connectivity index (χ4v) is 1.63. The molecule has 88 valence electrons. The van der Waals surface area contributed by atoms with Crippen LogP contribution in [0.1, 0.15) is 39.5 Å². The van der Waals surface area contributed by atoms with Crippen LogP contribution in [0.3, 0.4) is 0 Å². The molecule has 0 aromatic rings. The highest BCUT2D eigenvalue weighted by atomic mass is 16.3. The number of hydrogen-bond acceptors (Lipinski definition) is 2. The van der Waals surface area contributed by atoms with Crippen molar-refractivity contribution in [1.82, 2.24) is 4.90 Å². The third-order valence-corrected chi connectivity index (χ3v) is 3.35. The SMILES string of the molecule is CCC(O)(CC)CCN=C(N)N1CCC1. The third-order valence-electron chi connectivity index (χ3n) is 3.35. The van der Waals surface area contributed by atoms with Gasteiger partial charge in [0.1, 0.15) is 0 Å². The van der Waals surface area contributed by atoms with E-state index >= 15 is 0 Å². The van der Waals surface area contributed by atoms with Crippen molar-refractivity contribution in [3.05, 3.63) is 0 Å². The first-order valence-corrected chi connectivity index (χ1v) is 5.88. The van der Waals surface area contributed by atoms with Gasteiger partial charge in [0.25, 0.3) is 0 Å². The van der Waals surface area contributed by atoms with Gasteiger partial charge in [0, 0.05) is 19.6 Å². The van der Waals surface area contributed by atoms with Crippen molar-refractivity contribution in [3.8, 4) is 0 Å².